The number of benzene rings is 1. The van der Waals surface area contributed by atoms with Crippen LogP contribution in [0.15, 0.2) is 18.2 Å². The zero-order valence-corrected chi connectivity index (χ0v) is 9.97. The Morgan fingerprint density at radius 1 is 1.18 bits per heavy atom. The predicted octanol–water partition coefficient (Wildman–Crippen LogP) is 3.46. The Bertz CT molecular complexity index is 407. The molecule has 0 fully saturated rings. The van der Waals surface area contributed by atoms with Crippen molar-refractivity contribution in [3.05, 3.63) is 29.3 Å². The Hall–Kier alpha value is -1.23. The highest BCUT2D eigenvalue weighted by molar-refractivity contribution is 5.40. The Labute approximate surface area is 98.3 Å². The minimum absolute atomic E-state index is 0.118. The Morgan fingerprint density at radius 2 is 1.71 bits per heavy atom. The molecule has 96 valence electrons. The van der Waals surface area contributed by atoms with Crippen molar-refractivity contribution in [3.8, 4) is 5.75 Å². The van der Waals surface area contributed by atoms with E-state index in [4.69, 9.17) is 5.73 Å². The highest BCUT2D eigenvalue weighted by Crippen LogP contribution is 2.38. The third kappa shape index (κ3) is 3.12. The van der Waals surface area contributed by atoms with E-state index in [-0.39, 0.29) is 11.3 Å². The molecule has 0 aliphatic carbocycles. The van der Waals surface area contributed by atoms with Crippen molar-refractivity contribution in [1.29, 1.82) is 0 Å². The number of phenolic OH excluding ortho intramolecular Hbond substituents is 1. The zero-order chi connectivity index (χ0) is 13.4. The molecule has 0 amide bonds. The number of phenols is 1. The molecule has 0 heterocycles. The van der Waals surface area contributed by atoms with Gasteiger partial charge in [-0.2, -0.15) is 13.2 Å². The molecule has 0 aliphatic heterocycles. The first-order chi connectivity index (χ1) is 7.53. The summed E-state index contributed by atoms with van der Waals surface area (Å²) in [5, 5.41) is 9.59. The molecule has 17 heavy (non-hydrogen) atoms. The lowest BCUT2D eigenvalue weighted by molar-refractivity contribution is -0.137. The maximum Gasteiger partial charge on any atom is 0.416 e. The van der Waals surface area contributed by atoms with Gasteiger partial charge in [-0.1, -0.05) is 20.8 Å². The zero-order valence-electron chi connectivity index (χ0n) is 9.97. The van der Waals surface area contributed by atoms with Crippen molar-refractivity contribution in [2.24, 2.45) is 11.1 Å². The topological polar surface area (TPSA) is 46.2 Å². The van der Waals surface area contributed by atoms with Crippen molar-refractivity contribution in [1.82, 2.24) is 0 Å². The van der Waals surface area contributed by atoms with Gasteiger partial charge in [-0.25, -0.2) is 0 Å². The average molecular weight is 247 g/mol. The fraction of sp³-hybridized carbons (Fsp3) is 0.500. The maximum absolute atomic E-state index is 12.5. The lowest BCUT2D eigenvalue weighted by atomic mass is 9.82. The second-order valence-corrected chi connectivity index (χ2v) is 5.12. The van der Waals surface area contributed by atoms with Crippen molar-refractivity contribution < 1.29 is 18.3 Å². The largest absolute Gasteiger partial charge is 0.508 e. The number of hydrogen-bond donors (Lipinski definition) is 2. The predicted molar refractivity (Wildman–Crippen MR) is 59.5 cm³/mol. The molecule has 0 bridgehead atoms. The van der Waals surface area contributed by atoms with Crippen LogP contribution in [-0.4, -0.2) is 5.11 Å². The number of hydrogen-bond acceptors (Lipinski definition) is 2. The SMILES string of the molecule is CC(C)(C)C(N)c1cc(C(F)(F)F)ccc1O. The molecule has 0 aliphatic rings. The Balaban J connectivity index is 3.25. The molecule has 5 heteroatoms. The van der Waals surface area contributed by atoms with E-state index in [0.717, 1.165) is 18.2 Å². The van der Waals surface area contributed by atoms with Crippen LogP contribution >= 0.6 is 0 Å². The molecule has 3 N–H and O–H groups in total. The van der Waals surface area contributed by atoms with E-state index in [2.05, 4.69) is 0 Å². The minimum atomic E-state index is -4.43. The van der Waals surface area contributed by atoms with Gasteiger partial charge < -0.3 is 10.8 Å². The standard InChI is InChI=1S/C12H16F3NO/c1-11(2,3)10(16)8-6-7(12(13,14)15)4-5-9(8)17/h4-6,10,17H,16H2,1-3H3. The molecule has 1 atom stereocenters. The normalized spacial score (nSPS) is 14.8. The third-order valence-corrected chi connectivity index (χ3v) is 2.62. The van der Waals surface area contributed by atoms with Gasteiger partial charge in [-0.05, 0) is 23.6 Å². The maximum atomic E-state index is 12.5. The van der Waals surface area contributed by atoms with Gasteiger partial charge in [0.2, 0.25) is 0 Å². The van der Waals surface area contributed by atoms with E-state index in [1.54, 1.807) is 20.8 Å². The molecule has 0 spiro atoms. The molecule has 1 unspecified atom stereocenters. The number of nitrogens with two attached hydrogens (primary N) is 1. The van der Waals surface area contributed by atoms with Gasteiger partial charge in [-0.3, -0.25) is 0 Å². The summed E-state index contributed by atoms with van der Waals surface area (Å²) in [6.07, 6.45) is -4.43. The van der Waals surface area contributed by atoms with Crippen LogP contribution in [0.1, 0.15) is 37.9 Å². The molecule has 0 aromatic heterocycles. The molecule has 0 saturated heterocycles. The summed E-state index contributed by atoms with van der Waals surface area (Å²) >= 11 is 0. The molecule has 0 radical (unpaired) electrons. The quantitative estimate of drug-likeness (QED) is 0.798. The first-order valence-corrected chi connectivity index (χ1v) is 5.19. The second kappa shape index (κ2) is 4.22. The van der Waals surface area contributed by atoms with Gasteiger partial charge in [-0.15, -0.1) is 0 Å². The Kier molecular flexibility index (Phi) is 3.43. The van der Waals surface area contributed by atoms with Crippen molar-refractivity contribution in [3.63, 3.8) is 0 Å². The second-order valence-electron chi connectivity index (χ2n) is 5.12. The van der Waals surface area contributed by atoms with Gasteiger partial charge in [0.1, 0.15) is 5.75 Å². The van der Waals surface area contributed by atoms with E-state index in [9.17, 15) is 18.3 Å². The van der Waals surface area contributed by atoms with Crippen molar-refractivity contribution in [2.45, 2.75) is 33.0 Å². The summed E-state index contributed by atoms with van der Waals surface area (Å²) < 4.78 is 37.6. The summed E-state index contributed by atoms with van der Waals surface area (Å²) in [6, 6.07) is 2.12. The van der Waals surface area contributed by atoms with Crippen LogP contribution in [-0.2, 0) is 6.18 Å². The van der Waals surface area contributed by atoms with Gasteiger partial charge in [0.25, 0.3) is 0 Å². The molecular formula is C12H16F3NO. The van der Waals surface area contributed by atoms with Crippen LogP contribution in [0.3, 0.4) is 0 Å². The van der Waals surface area contributed by atoms with Crippen molar-refractivity contribution in [2.75, 3.05) is 0 Å². The van der Waals surface area contributed by atoms with Crippen LogP contribution in [0.25, 0.3) is 0 Å². The molecule has 1 rings (SSSR count). The molecular weight excluding hydrogens is 231 g/mol. The smallest absolute Gasteiger partial charge is 0.416 e. The number of aromatic hydroxyl groups is 1. The highest BCUT2D eigenvalue weighted by Gasteiger charge is 2.33. The first kappa shape index (κ1) is 13.8. The first-order valence-electron chi connectivity index (χ1n) is 5.19. The number of rotatable bonds is 1. The summed E-state index contributed by atoms with van der Waals surface area (Å²) in [6.45, 7) is 5.41. The minimum Gasteiger partial charge on any atom is -0.508 e. The van der Waals surface area contributed by atoms with Crippen LogP contribution in [0.2, 0.25) is 0 Å². The van der Waals surface area contributed by atoms with Crippen molar-refractivity contribution >= 4 is 0 Å². The summed E-state index contributed by atoms with van der Waals surface area (Å²) in [5.74, 6) is -0.208. The number of alkyl halides is 3. The third-order valence-electron chi connectivity index (χ3n) is 2.62. The molecule has 0 saturated carbocycles. The van der Waals surface area contributed by atoms with Crippen LogP contribution in [0.4, 0.5) is 13.2 Å². The average Bonchev–Trinajstić information content (AvgIpc) is 2.14. The molecule has 1 aromatic carbocycles. The van der Waals surface area contributed by atoms with Crippen LogP contribution in [0.5, 0.6) is 5.75 Å². The van der Waals surface area contributed by atoms with E-state index in [1.807, 2.05) is 0 Å². The van der Waals surface area contributed by atoms with E-state index in [0.29, 0.717) is 0 Å². The van der Waals surface area contributed by atoms with Crippen LogP contribution < -0.4 is 5.73 Å². The molecule has 2 nitrogen and oxygen atoms in total. The highest BCUT2D eigenvalue weighted by atomic mass is 19.4. The summed E-state index contributed by atoms with van der Waals surface area (Å²) in [4.78, 5) is 0. The Morgan fingerprint density at radius 3 is 2.12 bits per heavy atom. The lowest BCUT2D eigenvalue weighted by Crippen LogP contribution is -2.26. The molecule has 1 aromatic rings. The summed E-state index contributed by atoms with van der Waals surface area (Å²) in [7, 11) is 0. The monoisotopic (exact) mass is 247 g/mol. The fourth-order valence-corrected chi connectivity index (χ4v) is 1.45. The summed E-state index contributed by atoms with van der Waals surface area (Å²) in [5.41, 5.74) is 4.75. The fourth-order valence-electron chi connectivity index (χ4n) is 1.45. The van der Waals surface area contributed by atoms with Crippen LogP contribution in [0, 0.1) is 5.41 Å². The van der Waals surface area contributed by atoms with E-state index < -0.39 is 23.2 Å². The van der Waals surface area contributed by atoms with Gasteiger partial charge in [0.05, 0.1) is 5.56 Å². The number of halogens is 3. The van der Waals surface area contributed by atoms with Gasteiger partial charge in [0, 0.05) is 11.6 Å². The van der Waals surface area contributed by atoms with E-state index in [1.165, 1.54) is 0 Å². The lowest BCUT2D eigenvalue weighted by Gasteiger charge is -2.28. The van der Waals surface area contributed by atoms with E-state index >= 15 is 0 Å². The van der Waals surface area contributed by atoms with Gasteiger partial charge >= 0.3 is 6.18 Å². The van der Waals surface area contributed by atoms with Gasteiger partial charge in [0.15, 0.2) is 0 Å².